The number of rotatable bonds is 21. The molecule has 4 fully saturated rings. The molecular weight excluding hydrogens is 497 g/mol. The van der Waals surface area contributed by atoms with Gasteiger partial charge in [-0.25, -0.2) is 0 Å². The van der Waals surface area contributed by atoms with Crippen LogP contribution in [0.25, 0.3) is 0 Å². The summed E-state index contributed by atoms with van der Waals surface area (Å²) in [5.41, 5.74) is 0. The molecule has 30 heavy (non-hydrogen) atoms. The third kappa shape index (κ3) is 12.4. The average Bonchev–Trinajstić information content (AvgIpc) is 3.54. The number of ether oxygens (including phenoxy) is 4. The maximum Gasteiger partial charge on any atom is 0.0900 e. The zero-order valence-electron chi connectivity index (χ0n) is 17.4. The van der Waals surface area contributed by atoms with E-state index < -0.39 is 0 Å². The van der Waals surface area contributed by atoms with Crippen LogP contribution in [0.2, 0.25) is 0 Å². The van der Waals surface area contributed by atoms with Crippen molar-refractivity contribution >= 4 is 70.6 Å². The molecule has 0 N–H and O–H groups in total. The monoisotopic (exact) mass is 530 g/mol. The summed E-state index contributed by atoms with van der Waals surface area (Å²) in [6.45, 7) is 3.91. The predicted octanol–water partition coefficient (Wildman–Crippen LogP) is 3.72. The van der Waals surface area contributed by atoms with Gasteiger partial charge >= 0.3 is 0 Å². The first-order valence-corrected chi connectivity index (χ1v) is 17.6. The van der Waals surface area contributed by atoms with E-state index in [1.165, 1.54) is 57.5 Å². The van der Waals surface area contributed by atoms with Crippen molar-refractivity contribution in [2.45, 2.75) is 34.9 Å². The maximum atomic E-state index is 5.39. The maximum absolute atomic E-state index is 5.39. The fourth-order valence-corrected chi connectivity index (χ4v) is 10.9. The molecule has 0 amide bonds. The Kier molecular flexibility index (Phi) is 12.0. The quantitative estimate of drug-likeness (QED) is 0.162. The minimum atomic E-state index is 0.538. The topological polar surface area (TPSA) is 50.1 Å². The minimum absolute atomic E-state index is 0.538. The summed E-state index contributed by atoms with van der Waals surface area (Å²) in [5, 5.41) is 1.48. The van der Waals surface area contributed by atoms with Crippen molar-refractivity contribution in [3.05, 3.63) is 0 Å². The summed E-state index contributed by atoms with van der Waals surface area (Å²) in [7, 11) is 0. The molecule has 0 aromatic heterocycles. The number of epoxide rings is 4. The van der Waals surface area contributed by atoms with Crippen LogP contribution in [0.4, 0.5) is 0 Å². The first kappa shape index (κ1) is 25.0. The lowest BCUT2D eigenvalue weighted by atomic mass is 10.5. The Morgan fingerprint density at radius 1 is 0.500 bits per heavy atom. The highest BCUT2D eigenvalue weighted by molar-refractivity contribution is 8.07. The zero-order valence-corrected chi connectivity index (χ0v) is 22.3. The highest BCUT2D eigenvalue weighted by atomic mass is 32.2. The lowest BCUT2D eigenvalue weighted by molar-refractivity contribution is 0.426. The Morgan fingerprint density at radius 2 is 0.900 bits per heavy atom. The number of thioether (sulfide) groups is 6. The van der Waals surface area contributed by atoms with E-state index in [0.717, 1.165) is 36.9 Å². The van der Waals surface area contributed by atoms with Gasteiger partial charge in [0.05, 0.1) is 50.8 Å². The average molecular weight is 531 g/mol. The van der Waals surface area contributed by atoms with Crippen LogP contribution >= 0.6 is 70.6 Å². The van der Waals surface area contributed by atoms with Gasteiger partial charge in [0.1, 0.15) is 0 Å². The smallest absolute Gasteiger partial charge is 0.0900 e. The second-order valence-corrected chi connectivity index (χ2v) is 15.1. The number of hydrogen-bond acceptors (Lipinski definition) is 10. The molecule has 4 nitrogen and oxygen atoms in total. The van der Waals surface area contributed by atoms with Crippen LogP contribution < -0.4 is 0 Å². The highest BCUT2D eigenvalue weighted by Gasteiger charge is 2.26. The molecule has 4 rings (SSSR count). The van der Waals surface area contributed by atoms with E-state index in [1.807, 2.05) is 0 Å². The van der Waals surface area contributed by atoms with Gasteiger partial charge in [-0.15, -0.1) is 0 Å². The molecular formula is C20H34O4S6. The van der Waals surface area contributed by atoms with Gasteiger partial charge in [0.2, 0.25) is 0 Å². The SMILES string of the molecule is C(CSC(CSCC1CO1)CSC(CSCC1CO1)CSCC1CO1)SCC1CO1. The van der Waals surface area contributed by atoms with Crippen molar-refractivity contribution in [3.63, 3.8) is 0 Å². The van der Waals surface area contributed by atoms with Crippen LogP contribution in [0.3, 0.4) is 0 Å². The van der Waals surface area contributed by atoms with E-state index >= 15 is 0 Å². The van der Waals surface area contributed by atoms with Gasteiger partial charge in [-0.05, 0) is 0 Å². The van der Waals surface area contributed by atoms with Crippen LogP contribution in [0.15, 0.2) is 0 Å². The van der Waals surface area contributed by atoms with Crippen LogP contribution in [0.1, 0.15) is 0 Å². The second-order valence-electron chi connectivity index (χ2n) is 7.96. The first-order chi connectivity index (χ1) is 14.8. The Bertz CT molecular complexity index is 456. The summed E-state index contributed by atoms with van der Waals surface area (Å²) in [4.78, 5) is 0. The van der Waals surface area contributed by atoms with Gasteiger partial charge in [0.15, 0.2) is 0 Å². The summed E-state index contributed by atoms with van der Waals surface area (Å²) in [6, 6.07) is 0. The molecule has 4 saturated heterocycles. The molecule has 5 unspecified atom stereocenters. The van der Waals surface area contributed by atoms with E-state index in [0.29, 0.717) is 24.4 Å². The standard InChI is InChI=1S/C20H34O4S6/c1(25-7-15-3-21-15)2-29-20(13-28-10-18-6-24-18)14-30-19(11-26-8-16-4-22-16)12-27-9-17-5-23-17/h15-20H,1-14H2. The molecule has 0 radical (unpaired) electrons. The summed E-state index contributed by atoms with van der Waals surface area (Å²) in [5.74, 6) is 12.2. The molecule has 174 valence electrons. The third-order valence-electron chi connectivity index (χ3n) is 4.83. The molecule has 10 heteroatoms. The molecule has 0 aromatic rings. The number of hydrogen-bond donors (Lipinski definition) is 0. The van der Waals surface area contributed by atoms with Crippen LogP contribution in [-0.2, 0) is 18.9 Å². The first-order valence-electron chi connectivity index (χ1n) is 10.9. The fourth-order valence-electron chi connectivity index (χ4n) is 2.67. The Morgan fingerprint density at radius 3 is 1.33 bits per heavy atom. The van der Waals surface area contributed by atoms with E-state index in [9.17, 15) is 0 Å². The Balaban J connectivity index is 1.13. The molecule has 0 aromatic carbocycles. The molecule has 5 atom stereocenters. The second kappa shape index (κ2) is 14.4. The molecule has 0 spiro atoms. The van der Waals surface area contributed by atoms with Crippen molar-refractivity contribution in [1.29, 1.82) is 0 Å². The zero-order chi connectivity index (χ0) is 20.4. The largest absolute Gasteiger partial charge is 0.372 e. The molecule has 0 bridgehead atoms. The Hall–Kier alpha value is 1.94. The van der Waals surface area contributed by atoms with Gasteiger partial charge < -0.3 is 18.9 Å². The summed E-state index contributed by atoms with van der Waals surface area (Å²) < 4.78 is 21.5. The van der Waals surface area contributed by atoms with Crippen molar-refractivity contribution in [1.82, 2.24) is 0 Å². The van der Waals surface area contributed by atoms with Gasteiger partial charge in [-0.2, -0.15) is 70.6 Å². The van der Waals surface area contributed by atoms with Crippen molar-refractivity contribution in [2.75, 3.05) is 84.0 Å². The van der Waals surface area contributed by atoms with Crippen molar-refractivity contribution < 1.29 is 18.9 Å². The molecule has 4 aliphatic rings. The van der Waals surface area contributed by atoms with Crippen molar-refractivity contribution in [2.24, 2.45) is 0 Å². The summed E-state index contributed by atoms with van der Waals surface area (Å²) in [6.07, 6.45) is 2.17. The van der Waals surface area contributed by atoms with E-state index in [1.54, 1.807) is 0 Å². The van der Waals surface area contributed by atoms with E-state index in [4.69, 9.17) is 18.9 Å². The van der Waals surface area contributed by atoms with Gasteiger partial charge in [0, 0.05) is 68.0 Å². The predicted molar refractivity (Wildman–Crippen MR) is 141 cm³/mol. The highest BCUT2D eigenvalue weighted by Crippen LogP contribution is 2.30. The van der Waals surface area contributed by atoms with E-state index in [-0.39, 0.29) is 0 Å². The van der Waals surface area contributed by atoms with Gasteiger partial charge in [-0.3, -0.25) is 0 Å². The lowest BCUT2D eigenvalue weighted by Crippen LogP contribution is -2.19. The van der Waals surface area contributed by atoms with Crippen LogP contribution in [0.5, 0.6) is 0 Å². The normalized spacial score (nSPS) is 30.8. The minimum Gasteiger partial charge on any atom is -0.372 e. The lowest BCUT2D eigenvalue weighted by Gasteiger charge is -2.21. The van der Waals surface area contributed by atoms with Gasteiger partial charge in [-0.1, -0.05) is 0 Å². The summed E-state index contributed by atoms with van der Waals surface area (Å²) >= 11 is 12.7. The van der Waals surface area contributed by atoms with Crippen molar-refractivity contribution in [3.8, 4) is 0 Å². The Labute approximate surface area is 207 Å². The third-order valence-corrected chi connectivity index (χ3v) is 13.4. The molecule has 4 heterocycles. The molecule has 0 aliphatic carbocycles. The van der Waals surface area contributed by atoms with Crippen LogP contribution in [0, 0.1) is 0 Å². The molecule has 4 aliphatic heterocycles. The molecule has 0 saturated carbocycles. The fraction of sp³-hybridized carbons (Fsp3) is 1.00. The van der Waals surface area contributed by atoms with Gasteiger partial charge in [0.25, 0.3) is 0 Å². The van der Waals surface area contributed by atoms with Crippen LogP contribution in [-0.4, -0.2) is 119 Å². The van der Waals surface area contributed by atoms with E-state index in [2.05, 4.69) is 70.6 Å².